The fourth-order valence-corrected chi connectivity index (χ4v) is 9.40. The maximum Gasteiger partial charge on any atom is 0.240 e. The molecule has 1 saturated heterocycles. The smallest absolute Gasteiger partial charge is 0.240 e. The van der Waals surface area contributed by atoms with Crippen LogP contribution in [0.2, 0.25) is 0 Å². The third-order valence-electron chi connectivity index (χ3n) is 11.6. The van der Waals surface area contributed by atoms with E-state index in [9.17, 15) is 27.2 Å². The number of ether oxygens (including phenoxy) is 1. The number of nitrogens with zero attached hydrogens (tertiary/aromatic N) is 2. The molecule has 0 radical (unpaired) electrons. The van der Waals surface area contributed by atoms with Gasteiger partial charge < -0.3 is 9.64 Å². The van der Waals surface area contributed by atoms with E-state index < -0.39 is 43.6 Å². The first-order valence-electron chi connectivity index (χ1n) is 17.1. The second kappa shape index (κ2) is 11.4. The zero-order chi connectivity index (χ0) is 33.4. The molecule has 2 amide bonds. The molecule has 2 aromatic rings. The molecule has 4 heterocycles. The molecular weight excluding hydrogens is 621 g/mol. The van der Waals surface area contributed by atoms with Gasteiger partial charge >= 0.3 is 0 Å². The Balaban J connectivity index is 1.21. The number of fused-ring (bicyclic) bond motifs is 5. The summed E-state index contributed by atoms with van der Waals surface area (Å²) in [6, 6.07) is 4.08. The molecule has 9 nitrogen and oxygen atoms in total. The largest absolute Gasteiger partial charge is 0.483 e. The lowest BCUT2D eigenvalue weighted by atomic mass is 9.85. The third kappa shape index (κ3) is 5.56. The van der Waals surface area contributed by atoms with Gasteiger partial charge in [0.2, 0.25) is 21.8 Å². The molecule has 2 saturated carbocycles. The van der Waals surface area contributed by atoms with E-state index in [1.165, 1.54) is 6.07 Å². The number of hydrogen-bond donors (Lipinski definition) is 1. The first-order chi connectivity index (χ1) is 22.3. The van der Waals surface area contributed by atoms with Gasteiger partial charge in [0.25, 0.3) is 0 Å². The van der Waals surface area contributed by atoms with Gasteiger partial charge in [-0.15, -0.1) is 0 Å². The highest BCUT2D eigenvalue weighted by Gasteiger charge is 2.63. The quantitative estimate of drug-likeness (QED) is 0.432. The maximum absolute atomic E-state index is 14.7. The molecule has 0 unspecified atom stereocenters. The number of para-hydroxylation sites is 1. The number of Topliss-reactive ketones (excluding diaryl/α,β-unsaturated/α-hetero) is 1. The van der Waals surface area contributed by atoms with Crippen molar-refractivity contribution in [1.29, 1.82) is 0 Å². The predicted octanol–water partition coefficient (Wildman–Crippen LogP) is 5.47. The summed E-state index contributed by atoms with van der Waals surface area (Å²) in [6.07, 6.45) is 10.9. The van der Waals surface area contributed by atoms with Gasteiger partial charge in [-0.05, 0) is 77.2 Å². The number of amides is 2. The van der Waals surface area contributed by atoms with Crippen LogP contribution >= 0.6 is 0 Å². The molecule has 3 aliphatic heterocycles. The van der Waals surface area contributed by atoms with Crippen LogP contribution in [0.3, 0.4) is 0 Å². The highest BCUT2D eigenvalue weighted by molar-refractivity contribution is 7.91. The van der Waals surface area contributed by atoms with Crippen molar-refractivity contribution in [2.75, 3.05) is 6.54 Å². The molecule has 11 heteroatoms. The Morgan fingerprint density at radius 1 is 1.13 bits per heavy atom. The average molecular weight is 666 g/mol. The van der Waals surface area contributed by atoms with Crippen molar-refractivity contribution in [3.8, 4) is 5.75 Å². The summed E-state index contributed by atoms with van der Waals surface area (Å²) in [4.78, 5) is 48.4. The van der Waals surface area contributed by atoms with Crippen LogP contribution in [-0.4, -0.2) is 58.8 Å². The Kier molecular flexibility index (Phi) is 7.80. The second-order valence-electron chi connectivity index (χ2n) is 15.1. The number of aryl methyl sites for hydroxylation is 2. The summed E-state index contributed by atoms with van der Waals surface area (Å²) >= 11 is 0. The number of aromatic nitrogens is 1. The minimum atomic E-state index is -3.89. The number of allylic oxidation sites excluding steroid dienone is 2. The Morgan fingerprint density at radius 2 is 1.91 bits per heavy atom. The highest BCUT2D eigenvalue weighted by atomic mass is 32.2. The molecule has 3 fully saturated rings. The minimum Gasteiger partial charge on any atom is -0.483 e. The van der Waals surface area contributed by atoms with Gasteiger partial charge in [0, 0.05) is 29.7 Å². The van der Waals surface area contributed by atoms with Crippen molar-refractivity contribution in [1.82, 2.24) is 14.6 Å². The third-order valence-corrected chi connectivity index (χ3v) is 13.8. The summed E-state index contributed by atoms with van der Waals surface area (Å²) in [5, 5.41) is 0.699. The first kappa shape index (κ1) is 32.2. The summed E-state index contributed by atoms with van der Waals surface area (Å²) in [5.74, 6) is -1.33. The number of nitrogens with one attached hydrogen (secondary N) is 1. The normalized spacial score (nSPS) is 32.8. The van der Waals surface area contributed by atoms with Crippen LogP contribution in [0.25, 0.3) is 10.9 Å². The van der Waals surface area contributed by atoms with Crippen LogP contribution in [-0.2, 0) is 30.8 Å². The van der Waals surface area contributed by atoms with Crippen molar-refractivity contribution < 1.29 is 31.9 Å². The van der Waals surface area contributed by atoms with Crippen molar-refractivity contribution in [2.24, 2.45) is 17.3 Å². The van der Waals surface area contributed by atoms with Crippen LogP contribution in [0.5, 0.6) is 5.75 Å². The van der Waals surface area contributed by atoms with Crippen molar-refractivity contribution in [2.45, 2.75) is 114 Å². The van der Waals surface area contributed by atoms with E-state index in [-0.39, 0.29) is 42.9 Å². The zero-order valence-electron chi connectivity index (χ0n) is 27.4. The van der Waals surface area contributed by atoms with Crippen LogP contribution in [0.15, 0.2) is 30.4 Å². The van der Waals surface area contributed by atoms with Gasteiger partial charge in [-0.2, -0.15) is 0 Å². The Labute approximate surface area is 275 Å². The Bertz CT molecular complexity index is 1810. The van der Waals surface area contributed by atoms with Gasteiger partial charge in [0.05, 0.1) is 28.4 Å². The number of halogens is 1. The number of sulfonamides is 1. The number of carbonyl (C=O) groups is 3. The maximum atomic E-state index is 14.7. The topological polar surface area (TPSA) is 123 Å². The van der Waals surface area contributed by atoms with Crippen molar-refractivity contribution in [3.63, 3.8) is 0 Å². The zero-order valence-corrected chi connectivity index (χ0v) is 28.3. The molecule has 7 rings (SSSR count). The number of ketones is 1. The van der Waals surface area contributed by atoms with E-state index in [0.717, 1.165) is 31.2 Å². The minimum absolute atomic E-state index is 0.104. The van der Waals surface area contributed by atoms with Gasteiger partial charge in [0.15, 0.2) is 5.78 Å². The number of carbonyl (C=O) groups excluding carboxylic acids is 3. The van der Waals surface area contributed by atoms with E-state index in [4.69, 9.17) is 4.74 Å². The lowest BCUT2D eigenvalue weighted by Crippen LogP contribution is -2.47. The number of benzene rings is 1. The first-order valence-corrected chi connectivity index (χ1v) is 18.6. The monoisotopic (exact) mass is 665 g/mol. The SMILES string of the molecule is Cc1nc2c(F)cccc2c2c1O[C@]1(CC2)C[C@H]2C(=O)C[C@]3(C(=O)NS(=O)(=O)C4(C)CC4)C[C@H]3/C=C\CCCCC[C@H](C)C(=O)N2C1. The van der Waals surface area contributed by atoms with E-state index in [0.29, 0.717) is 60.9 Å². The molecule has 2 aliphatic carbocycles. The standard InChI is InChI=1S/C36H44FN3O6S/c1-22-10-7-5-4-6-8-11-24-18-36(24,33(43)39-47(44,45)34(3)16-17-34)20-29(41)28-19-35(21-40(28)32(22)42)15-14-26-25-12-9-13-27(37)30(25)38-23(2)31(26)46-35/h8-9,11-13,22,24,28H,4-7,10,14-21H2,1-3H3,(H,39,43)/b11-8-/t22-,24+,28-,35+,36+/m0/s1. The number of rotatable bonds is 3. The summed E-state index contributed by atoms with van der Waals surface area (Å²) < 4.78 is 48.9. The molecule has 252 valence electrons. The molecule has 47 heavy (non-hydrogen) atoms. The molecule has 5 aliphatic rings. The van der Waals surface area contributed by atoms with Gasteiger partial charge in [-0.25, -0.2) is 17.8 Å². The fraction of sp³-hybridized carbons (Fsp3) is 0.611. The van der Waals surface area contributed by atoms with E-state index in [1.54, 1.807) is 24.8 Å². The molecule has 1 aromatic carbocycles. The lowest BCUT2D eigenvalue weighted by Gasteiger charge is -2.36. The fourth-order valence-electron chi connectivity index (χ4n) is 8.06. The number of hydrogen-bond acceptors (Lipinski definition) is 7. The van der Waals surface area contributed by atoms with Gasteiger partial charge in [-0.3, -0.25) is 19.1 Å². The predicted molar refractivity (Wildman–Crippen MR) is 174 cm³/mol. The molecule has 0 bridgehead atoms. The summed E-state index contributed by atoms with van der Waals surface area (Å²) in [7, 11) is -3.89. The van der Waals surface area contributed by atoms with Gasteiger partial charge in [0.1, 0.15) is 22.7 Å². The Hall–Kier alpha value is -3.34. The molecule has 5 atom stereocenters. The molecule has 1 spiro atoms. The van der Waals surface area contributed by atoms with Crippen LogP contribution in [0.1, 0.15) is 95.7 Å². The average Bonchev–Trinajstić information content (AvgIpc) is 3.92. The van der Waals surface area contributed by atoms with E-state index in [2.05, 4.69) is 9.71 Å². The Morgan fingerprint density at radius 3 is 2.68 bits per heavy atom. The van der Waals surface area contributed by atoms with E-state index >= 15 is 0 Å². The van der Waals surface area contributed by atoms with Crippen LogP contribution < -0.4 is 9.46 Å². The molecular formula is C36H44FN3O6S. The lowest BCUT2D eigenvalue weighted by molar-refractivity contribution is -0.142. The van der Waals surface area contributed by atoms with Gasteiger partial charge in [-0.1, -0.05) is 44.1 Å². The summed E-state index contributed by atoms with van der Waals surface area (Å²) in [6.45, 7) is 5.55. The second-order valence-corrected chi connectivity index (χ2v) is 17.3. The van der Waals surface area contributed by atoms with Crippen LogP contribution in [0, 0.1) is 30.0 Å². The number of pyridine rings is 1. The van der Waals surface area contributed by atoms with Crippen molar-refractivity contribution >= 4 is 38.5 Å². The molecule has 1 N–H and O–H groups in total. The van der Waals surface area contributed by atoms with E-state index in [1.807, 2.05) is 25.1 Å². The molecule has 1 aromatic heterocycles. The van der Waals surface area contributed by atoms with Crippen molar-refractivity contribution in [3.05, 3.63) is 47.4 Å². The summed E-state index contributed by atoms with van der Waals surface area (Å²) in [5.41, 5.74) is -0.283. The highest BCUT2D eigenvalue weighted by Crippen LogP contribution is 2.58. The van der Waals surface area contributed by atoms with Crippen LogP contribution in [0.4, 0.5) is 4.39 Å².